The van der Waals surface area contributed by atoms with E-state index in [0.29, 0.717) is 16.6 Å². The number of imide groups is 1. The van der Waals surface area contributed by atoms with Crippen LogP contribution in [0.25, 0.3) is 0 Å². The largest absolute Gasteiger partial charge is 0.341 e. The van der Waals surface area contributed by atoms with Crippen LogP contribution in [-0.4, -0.2) is 37.0 Å². The quantitative estimate of drug-likeness (QED) is 0.895. The van der Waals surface area contributed by atoms with Crippen molar-refractivity contribution in [1.82, 2.24) is 15.5 Å². The summed E-state index contributed by atoms with van der Waals surface area (Å²) in [7, 11) is 3.24. The fourth-order valence-corrected chi connectivity index (χ4v) is 1.86. The maximum atomic E-state index is 11.8. The average Bonchev–Trinajstić information content (AvgIpc) is 2.41. The van der Waals surface area contributed by atoms with Crippen LogP contribution in [0.4, 0.5) is 4.79 Å². The highest BCUT2D eigenvalue weighted by Crippen LogP contribution is 2.23. The van der Waals surface area contributed by atoms with Gasteiger partial charge in [0, 0.05) is 13.6 Å². The van der Waals surface area contributed by atoms with Gasteiger partial charge in [-0.2, -0.15) is 0 Å². The number of nitrogens with zero attached hydrogens (tertiary/aromatic N) is 1. The van der Waals surface area contributed by atoms with E-state index in [2.05, 4.69) is 10.6 Å². The summed E-state index contributed by atoms with van der Waals surface area (Å²) in [5.74, 6) is -0.369. The number of likely N-dealkylation sites (N-methyl/N-ethyl adjacent to an activating group) is 1. The third-order valence-corrected chi connectivity index (χ3v) is 3.66. The predicted molar refractivity (Wildman–Crippen MR) is 80.0 cm³/mol. The van der Waals surface area contributed by atoms with Gasteiger partial charge in [0.1, 0.15) is 0 Å². The minimum absolute atomic E-state index is 0.369. The van der Waals surface area contributed by atoms with Gasteiger partial charge in [-0.25, -0.2) is 4.79 Å². The van der Waals surface area contributed by atoms with Crippen molar-refractivity contribution in [3.8, 4) is 0 Å². The Hall–Kier alpha value is -1.30. The fraction of sp³-hybridized carbons (Fsp3) is 0.385. The lowest BCUT2D eigenvalue weighted by molar-refractivity contribution is -0.124. The van der Waals surface area contributed by atoms with Crippen LogP contribution in [0.3, 0.4) is 0 Å². The van der Waals surface area contributed by atoms with Gasteiger partial charge in [0.25, 0.3) is 0 Å². The first-order chi connectivity index (χ1) is 9.35. The second kappa shape index (κ2) is 7.47. The third-order valence-electron chi connectivity index (χ3n) is 2.92. The van der Waals surface area contributed by atoms with Crippen LogP contribution in [0, 0.1) is 0 Å². The molecule has 1 rings (SSSR count). The van der Waals surface area contributed by atoms with Crippen molar-refractivity contribution in [2.24, 2.45) is 0 Å². The number of benzene rings is 1. The van der Waals surface area contributed by atoms with Crippen LogP contribution in [0.5, 0.6) is 0 Å². The highest BCUT2D eigenvalue weighted by atomic mass is 35.5. The Labute approximate surface area is 128 Å². The Balaban J connectivity index is 2.65. The number of hydrogen-bond acceptors (Lipinski definition) is 3. The van der Waals surface area contributed by atoms with E-state index in [9.17, 15) is 9.59 Å². The normalized spacial score (nSPS) is 12.1. The maximum Gasteiger partial charge on any atom is 0.321 e. The van der Waals surface area contributed by atoms with Crippen molar-refractivity contribution >= 4 is 35.1 Å². The molecule has 0 radical (unpaired) electrons. The average molecular weight is 318 g/mol. The highest BCUT2D eigenvalue weighted by Gasteiger charge is 2.19. The molecule has 0 aliphatic heterocycles. The first-order valence-corrected chi connectivity index (χ1v) is 6.77. The Morgan fingerprint density at radius 1 is 1.30 bits per heavy atom. The molecular formula is C13H17Cl2N3O2. The van der Waals surface area contributed by atoms with Crippen LogP contribution in [0.15, 0.2) is 18.2 Å². The summed E-state index contributed by atoms with van der Waals surface area (Å²) in [6, 6.07) is 4.33. The lowest BCUT2D eigenvalue weighted by Gasteiger charge is -2.23. The van der Waals surface area contributed by atoms with Crippen molar-refractivity contribution in [1.29, 1.82) is 0 Å². The predicted octanol–water partition coefficient (Wildman–Crippen LogP) is 2.27. The molecule has 5 nitrogen and oxygen atoms in total. The first-order valence-electron chi connectivity index (χ1n) is 6.02. The molecule has 0 aliphatic rings. The van der Waals surface area contributed by atoms with Gasteiger partial charge in [0.05, 0.1) is 16.1 Å². The van der Waals surface area contributed by atoms with Crippen LogP contribution in [0.2, 0.25) is 10.0 Å². The smallest absolute Gasteiger partial charge is 0.321 e. The molecule has 20 heavy (non-hydrogen) atoms. The number of halogens is 2. The van der Waals surface area contributed by atoms with Gasteiger partial charge < -0.3 is 5.32 Å². The molecule has 2 N–H and O–H groups in total. The third kappa shape index (κ3) is 4.67. The summed E-state index contributed by atoms with van der Waals surface area (Å²) in [4.78, 5) is 24.7. The topological polar surface area (TPSA) is 61.4 Å². The molecule has 0 bridgehead atoms. The Bertz CT molecular complexity index is 508. The molecule has 1 aromatic carbocycles. The summed E-state index contributed by atoms with van der Waals surface area (Å²) in [5, 5.41) is 5.53. The van der Waals surface area contributed by atoms with E-state index in [0.717, 1.165) is 5.56 Å². The molecule has 0 spiro atoms. The Kier molecular flexibility index (Phi) is 6.26. The lowest BCUT2D eigenvalue weighted by Crippen LogP contribution is -2.47. The molecule has 110 valence electrons. The summed E-state index contributed by atoms with van der Waals surface area (Å²) < 4.78 is 0. The summed E-state index contributed by atoms with van der Waals surface area (Å²) in [6.07, 6.45) is 0. The van der Waals surface area contributed by atoms with E-state index in [4.69, 9.17) is 23.2 Å². The Morgan fingerprint density at radius 3 is 2.50 bits per heavy atom. The summed E-state index contributed by atoms with van der Waals surface area (Å²) >= 11 is 11.8. The van der Waals surface area contributed by atoms with Crippen LogP contribution < -0.4 is 10.6 Å². The molecule has 0 saturated carbocycles. The highest BCUT2D eigenvalue weighted by molar-refractivity contribution is 6.42. The van der Waals surface area contributed by atoms with E-state index >= 15 is 0 Å². The number of carbonyl (C=O) groups is 2. The Morgan fingerprint density at radius 2 is 1.95 bits per heavy atom. The molecule has 0 unspecified atom stereocenters. The van der Waals surface area contributed by atoms with Crippen molar-refractivity contribution < 1.29 is 9.59 Å². The van der Waals surface area contributed by atoms with Crippen LogP contribution in [0.1, 0.15) is 12.5 Å². The van der Waals surface area contributed by atoms with Gasteiger partial charge in [0.15, 0.2) is 0 Å². The van der Waals surface area contributed by atoms with Gasteiger partial charge in [-0.1, -0.05) is 29.3 Å². The SMILES string of the molecule is CNC(=O)NC(=O)[C@@H](C)N(C)Cc1ccc(Cl)c(Cl)c1. The molecule has 3 amide bonds. The fourth-order valence-electron chi connectivity index (χ4n) is 1.54. The number of urea groups is 1. The van der Waals surface area contributed by atoms with E-state index in [1.165, 1.54) is 7.05 Å². The van der Waals surface area contributed by atoms with Crippen molar-refractivity contribution in [2.75, 3.05) is 14.1 Å². The zero-order valence-electron chi connectivity index (χ0n) is 11.5. The molecule has 0 aromatic heterocycles. The van der Waals surface area contributed by atoms with Gasteiger partial charge >= 0.3 is 6.03 Å². The second-order valence-corrected chi connectivity index (χ2v) is 5.22. The zero-order valence-corrected chi connectivity index (χ0v) is 13.0. The van der Waals surface area contributed by atoms with Crippen molar-refractivity contribution in [2.45, 2.75) is 19.5 Å². The second-order valence-electron chi connectivity index (χ2n) is 4.41. The zero-order chi connectivity index (χ0) is 15.3. The molecule has 7 heteroatoms. The van der Waals surface area contributed by atoms with E-state index in [-0.39, 0.29) is 5.91 Å². The van der Waals surface area contributed by atoms with Crippen LogP contribution in [-0.2, 0) is 11.3 Å². The molecule has 1 aromatic rings. The minimum atomic E-state index is -0.523. The molecule has 0 aliphatic carbocycles. The number of carbonyl (C=O) groups excluding carboxylic acids is 2. The summed E-state index contributed by atoms with van der Waals surface area (Å²) in [6.45, 7) is 2.23. The number of nitrogens with one attached hydrogen (secondary N) is 2. The monoisotopic (exact) mass is 317 g/mol. The first kappa shape index (κ1) is 16.8. The maximum absolute atomic E-state index is 11.8. The van der Waals surface area contributed by atoms with Crippen LogP contribution >= 0.6 is 23.2 Å². The number of hydrogen-bond donors (Lipinski definition) is 2. The molecular weight excluding hydrogens is 301 g/mol. The lowest BCUT2D eigenvalue weighted by atomic mass is 10.2. The van der Waals surface area contributed by atoms with Gasteiger partial charge in [-0.15, -0.1) is 0 Å². The number of amides is 3. The van der Waals surface area contributed by atoms with Crippen molar-refractivity contribution in [3.05, 3.63) is 33.8 Å². The van der Waals surface area contributed by atoms with Gasteiger partial charge in [-0.3, -0.25) is 15.0 Å². The molecule has 0 heterocycles. The number of rotatable bonds is 4. The standard InChI is InChI=1S/C13H17Cl2N3O2/c1-8(12(19)17-13(20)16-2)18(3)7-9-4-5-10(14)11(15)6-9/h4-6,8H,7H2,1-3H3,(H2,16,17,19,20)/t8-/m1/s1. The molecule has 0 fully saturated rings. The molecule has 0 saturated heterocycles. The molecule has 1 atom stereocenters. The van der Waals surface area contributed by atoms with Gasteiger partial charge in [-0.05, 0) is 31.7 Å². The van der Waals surface area contributed by atoms with Crippen molar-refractivity contribution in [3.63, 3.8) is 0 Å². The minimum Gasteiger partial charge on any atom is -0.341 e. The van der Waals surface area contributed by atoms with E-state index in [1.807, 2.05) is 6.07 Å². The summed E-state index contributed by atoms with van der Waals surface area (Å²) in [5.41, 5.74) is 0.932. The van der Waals surface area contributed by atoms with E-state index < -0.39 is 12.1 Å². The van der Waals surface area contributed by atoms with E-state index in [1.54, 1.807) is 31.0 Å². The van der Waals surface area contributed by atoms with Gasteiger partial charge in [0.2, 0.25) is 5.91 Å².